The fraction of sp³-hybridized carbons (Fsp3) is 0.579. The first-order chi connectivity index (χ1) is 11.7. The lowest BCUT2D eigenvalue weighted by atomic mass is 9.99. The van der Waals surface area contributed by atoms with Gasteiger partial charge in [-0.3, -0.25) is 14.6 Å². The minimum atomic E-state index is -0.168. The lowest BCUT2D eigenvalue weighted by Crippen LogP contribution is -2.48. The van der Waals surface area contributed by atoms with E-state index in [4.69, 9.17) is 0 Å². The molecule has 0 aliphatic carbocycles. The molecule has 1 unspecified atom stereocenters. The molecule has 0 saturated carbocycles. The lowest BCUT2D eigenvalue weighted by molar-refractivity contribution is -0.130. The number of rotatable bonds is 3. The molecule has 1 aromatic carbocycles. The van der Waals surface area contributed by atoms with Crippen LogP contribution in [0.1, 0.15) is 44.2 Å². The minimum Gasteiger partial charge on any atom is -0.312 e. The molecular weight excluding hydrogens is 302 g/mol. The molecule has 3 fully saturated rings. The molecule has 0 radical (unpaired) electrons. The van der Waals surface area contributed by atoms with Crippen LogP contribution in [-0.2, 0) is 4.79 Å². The number of likely N-dealkylation sites (tertiary alicyclic amines) is 1. The topological polar surface area (TPSA) is 43.9 Å². The molecule has 4 rings (SSSR count). The molecule has 3 saturated heterocycles. The fourth-order valence-corrected chi connectivity index (χ4v) is 4.46. The van der Waals surface area contributed by atoms with Crippen molar-refractivity contribution in [2.45, 2.75) is 50.7 Å². The van der Waals surface area contributed by atoms with Crippen molar-refractivity contribution >= 4 is 11.9 Å². The van der Waals surface area contributed by atoms with E-state index in [1.54, 1.807) is 9.80 Å². The van der Waals surface area contributed by atoms with Gasteiger partial charge < -0.3 is 4.90 Å². The summed E-state index contributed by atoms with van der Waals surface area (Å²) in [7, 11) is 0. The van der Waals surface area contributed by atoms with Crippen LogP contribution in [0.3, 0.4) is 0 Å². The third-order valence-corrected chi connectivity index (χ3v) is 5.92. The number of urea groups is 1. The highest BCUT2D eigenvalue weighted by atomic mass is 16.2. The molecule has 0 spiro atoms. The Balaban J connectivity index is 1.40. The van der Waals surface area contributed by atoms with Crippen LogP contribution in [0.25, 0.3) is 0 Å². The Labute approximate surface area is 143 Å². The summed E-state index contributed by atoms with van der Waals surface area (Å²) in [5, 5.41) is 0. The molecule has 0 bridgehead atoms. The van der Waals surface area contributed by atoms with Gasteiger partial charge in [-0.2, -0.15) is 0 Å². The minimum absolute atomic E-state index is 0.0444. The number of amides is 3. The number of nitrogens with zero attached hydrogens (tertiary/aromatic N) is 3. The zero-order valence-electron chi connectivity index (χ0n) is 14.2. The van der Waals surface area contributed by atoms with Crippen LogP contribution in [0.4, 0.5) is 4.79 Å². The van der Waals surface area contributed by atoms with E-state index in [0.29, 0.717) is 6.04 Å². The monoisotopic (exact) mass is 327 g/mol. The van der Waals surface area contributed by atoms with Crippen LogP contribution in [0, 0.1) is 0 Å². The highest BCUT2D eigenvalue weighted by molar-refractivity contribution is 6.04. The zero-order valence-corrected chi connectivity index (χ0v) is 14.2. The van der Waals surface area contributed by atoms with E-state index in [1.165, 1.54) is 5.56 Å². The van der Waals surface area contributed by atoms with E-state index < -0.39 is 0 Å². The van der Waals surface area contributed by atoms with Crippen molar-refractivity contribution in [3.63, 3.8) is 0 Å². The normalized spacial score (nSPS) is 27.0. The molecular formula is C19H25N3O2. The molecule has 3 amide bonds. The lowest BCUT2D eigenvalue weighted by Gasteiger charge is -2.38. The fourth-order valence-electron chi connectivity index (χ4n) is 4.46. The second-order valence-corrected chi connectivity index (χ2v) is 7.20. The van der Waals surface area contributed by atoms with E-state index in [2.05, 4.69) is 36.1 Å². The first-order valence-electron chi connectivity index (χ1n) is 9.09. The number of imide groups is 1. The highest BCUT2D eigenvalue weighted by Gasteiger charge is 2.50. The number of hydrogen-bond acceptors (Lipinski definition) is 3. The van der Waals surface area contributed by atoms with Gasteiger partial charge in [-0.25, -0.2) is 4.79 Å². The molecule has 1 aromatic rings. The average molecular weight is 327 g/mol. The van der Waals surface area contributed by atoms with Crippen LogP contribution >= 0.6 is 0 Å². The van der Waals surface area contributed by atoms with Crippen molar-refractivity contribution in [2.24, 2.45) is 0 Å². The Morgan fingerprint density at radius 3 is 2.38 bits per heavy atom. The molecule has 3 aliphatic rings. The van der Waals surface area contributed by atoms with Crippen LogP contribution in [0.15, 0.2) is 30.3 Å². The molecule has 5 heteroatoms. The summed E-state index contributed by atoms with van der Waals surface area (Å²) in [6.45, 7) is 4.85. The summed E-state index contributed by atoms with van der Waals surface area (Å²) in [6.07, 6.45) is 3.57. The molecule has 24 heavy (non-hydrogen) atoms. The van der Waals surface area contributed by atoms with Crippen LogP contribution in [0.5, 0.6) is 0 Å². The van der Waals surface area contributed by atoms with Gasteiger partial charge in [0.25, 0.3) is 5.91 Å². The van der Waals surface area contributed by atoms with Gasteiger partial charge in [-0.1, -0.05) is 30.3 Å². The van der Waals surface area contributed by atoms with Crippen molar-refractivity contribution < 1.29 is 9.59 Å². The summed E-state index contributed by atoms with van der Waals surface area (Å²) < 4.78 is 0. The van der Waals surface area contributed by atoms with E-state index in [-0.39, 0.29) is 24.0 Å². The predicted octanol–water partition coefficient (Wildman–Crippen LogP) is 2.64. The number of hydrogen-bond donors (Lipinski definition) is 0. The quantitative estimate of drug-likeness (QED) is 0.802. The van der Waals surface area contributed by atoms with Crippen LogP contribution < -0.4 is 0 Å². The predicted molar refractivity (Wildman–Crippen MR) is 91.4 cm³/mol. The zero-order chi connectivity index (χ0) is 16.7. The Morgan fingerprint density at radius 2 is 1.71 bits per heavy atom. The summed E-state index contributed by atoms with van der Waals surface area (Å²) in [5.74, 6) is 0.0482. The summed E-state index contributed by atoms with van der Waals surface area (Å²) in [5.41, 5.74) is 1.32. The Morgan fingerprint density at radius 1 is 1.00 bits per heavy atom. The molecule has 0 N–H and O–H groups in total. The second-order valence-electron chi connectivity index (χ2n) is 7.20. The summed E-state index contributed by atoms with van der Waals surface area (Å²) in [4.78, 5) is 30.9. The maximum atomic E-state index is 12.6. The van der Waals surface area contributed by atoms with Gasteiger partial charge >= 0.3 is 6.03 Å². The maximum absolute atomic E-state index is 12.6. The van der Waals surface area contributed by atoms with Gasteiger partial charge in [-0.15, -0.1) is 0 Å². The van der Waals surface area contributed by atoms with Crippen molar-refractivity contribution in [2.75, 3.05) is 19.6 Å². The summed E-state index contributed by atoms with van der Waals surface area (Å²) >= 11 is 0. The van der Waals surface area contributed by atoms with Gasteiger partial charge in [0.15, 0.2) is 0 Å². The largest absolute Gasteiger partial charge is 0.327 e. The average Bonchev–Trinajstić information content (AvgIpc) is 3.20. The third kappa shape index (κ3) is 2.51. The Kier molecular flexibility index (Phi) is 4.04. The van der Waals surface area contributed by atoms with E-state index in [0.717, 1.165) is 45.3 Å². The number of piperidine rings is 1. The third-order valence-electron chi connectivity index (χ3n) is 5.92. The van der Waals surface area contributed by atoms with Gasteiger partial charge in [0, 0.05) is 31.7 Å². The number of carbonyl (C=O) groups is 2. The standard InChI is InChI=1S/C19H25N3O2/c1-14(15-6-3-2-4-7-15)20-12-9-16(10-13-20)22-18(23)17-8-5-11-21(17)19(22)24/h2-4,6-7,14,16-17H,5,8-13H2,1H3/t14?,17-/m0/s1. The molecule has 0 aromatic heterocycles. The second kappa shape index (κ2) is 6.20. The van der Waals surface area contributed by atoms with Crippen molar-refractivity contribution in [3.05, 3.63) is 35.9 Å². The Hall–Kier alpha value is -1.88. The van der Waals surface area contributed by atoms with Gasteiger partial charge in [0.1, 0.15) is 6.04 Å². The van der Waals surface area contributed by atoms with Gasteiger partial charge in [0.2, 0.25) is 0 Å². The molecule has 3 aliphatic heterocycles. The Bertz CT molecular complexity index is 603. The highest BCUT2D eigenvalue weighted by Crippen LogP contribution is 2.32. The van der Waals surface area contributed by atoms with Gasteiger partial charge in [0.05, 0.1) is 0 Å². The van der Waals surface area contributed by atoms with Crippen molar-refractivity contribution in [3.8, 4) is 0 Å². The number of benzene rings is 1. The molecule has 128 valence electrons. The van der Waals surface area contributed by atoms with Crippen LogP contribution in [-0.4, -0.2) is 58.4 Å². The molecule has 2 atom stereocenters. The SMILES string of the molecule is CC(c1ccccc1)N1CCC(N2C(=O)[C@@H]3CCCN3C2=O)CC1. The molecule has 3 heterocycles. The van der Waals surface area contributed by atoms with Crippen LogP contribution in [0.2, 0.25) is 0 Å². The van der Waals surface area contributed by atoms with Crippen molar-refractivity contribution in [1.82, 2.24) is 14.7 Å². The molecule has 5 nitrogen and oxygen atoms in total. The van der Waals surface area contributed by atoms with Gasteiger partial charge in [-0.05, 0) is 38.2 Å². The van der Waals surface area contributed by atoms with E-state index >= 15 is 0 Å². The van der Waals surface area contributed by atoms with Crippen molar-refractivity contribution in [1.29, 1.82) is 0 Å². The first kappa shape index (κ1) is 15.6. The maximum Gasteiger partial charge on any atom is 0.327 e. The number of fused-ring (bicyclic) bond motifs is 1. The first-order valence-corrected chi connectivity index (χ1v) is 9.09. The summed E-state index contributed by atoms with van der Waals surface area (Å²) in [6, 6.07) is 10.8. The smallest absolute Gasteiger partial charge is 0.312 e. The number of carbonyl (C=O) groups excluding carboxylic acids is 2. The van der Waals surface area contributed by atoms with E-state index in [1.807, 2.05) is 6.07 Å². The van der Waals surface area contributed by atoms with E-state index in [9.17, 15) is 9.59 Å².